The Morgan fingerprint density at radius 2 is 1.44 bits per heavy atom. The van der Waals surface area contributed by atoms with Crippen molar-refractivity contribution >= 4 is 28.6 Å². The van der Waals surface area contributed by atoms with Crippen LogP contribution in [0.4, 0.5) is 0 Å². The molecule has 0 unspecified atom stereocenters. The summed E-state index contributed by atoms with van der Waals surface area (Å²) in [5, 5.41) is 2.11. The number of carbonyl (C=O) groups is 3. The molecule has 0 atom stereocenters. The number of esters is 2. The van der Waals surface area contributed by atoms with E-state index >= 15 is 0 Å². The first-order chi connectivity index (χ1) is 19.0. The highest BCUT2D eigenvalue weighted by Crippen LogP contribution is 2.20. The van der Waals surface area contributed by atoms with Crippen molar-refractivity contribution in [1.82, 2.24) is 14.7 Å². The lowest BCUT2D eigenvalue weighted by Gasteiger charge is -2.34. The molecule has 2 fully saturated rings. The SMILES string of the molecule is O=C(Cc1cccc2ccccc12)Oc1ccc(C(=O)OCCN2CCN(CC(=O)N3CCCC3)CC2)cc1. The van der Waals surface area contributed by atoms with Crippen LogP contribution in [0.2, 0.25) is 0 Å². The van der Waals surface area contributed by atoms with Crippen LogP contribution in [0, 0.1) is 0 Å². The number of benzene rings is 3. The summed E-state index contributed by atoms with van der Waals surface area (Å²) < 4.78 is 11.0. The number of hydrogen-bond acceptors (Lipinski definition) is 7. The Morgan fingerprint density at radius 1 is 0.744 bits per heavy atom. The molecule has 2 aliphatic heterocycles. The van der Waals surface area contributed by atoms with Crippen LogP contribution in [0.3, 0.4) is 0 Å². The third kappa shape index (κ3) is 7.22. The Labute approximate surface area is 229 Å². The summed E-state index contributed by atoms with van der Waals surface area (Å²) in [7, 11) is 0. The predicted octanol–water partition coefficient (Wildman–Crippen LogP) is 3.38. The highest BCUT2D eigenvalue weighted by Gasteiger charge is 2.23. The maximum Gasteiger partial charge on any atom is 0.338 e. The molecule has 1 amide bonds. The largest absolute Gasteiger partial charge is 0.461 e. The van der Waals surface area contributed by atoms with E-state index in [1.807, 2.05) is 47.4 Å². The van der Waals surface area contributed by atoms with Crippen molar-refractivity contribution in [2.75, 3.05) is 59.0 Å². The van der Waals surface area contributed by atoms with E-state index in [9.17, 15) is 14.4 Å². The molecule has 0 radical (unpaired) electrons. The Hall–Kier alpha value is -3.75. The maximum atomic E-state index is 12.5. The van der Waals surface area contributed by atoms with Gasteiger partial charge in [0.2, 0.25) is 5.91 Å². The zero-order valence-corrected chi connectivity index (χ0v) is 22.2. The summed E-state index contributed by atoms with van der Waals surface area (Å²) >= 11 is 0. The van der Waals surface area contributed by atoms with E-state index in [4.69, 9.17) is 9.47 Å². The molecule has 5 rings (SSSR count). The van der Waals surface area contributed by atoms with Gasteiger partial charge in [-0.2, -0.15) is 0 Å². The van der Waals surface area contributed by atoms with Crippen LogP contribution in [0.5, 0.6) is 5.75 Å². The molecule has 39 heavy (non-hydrogen) atoms. The molecule has 3 aromatic rings. The van der Waals surface area contributed by atoms with E-state index in [2.05, 4.69) is 9.80 Å². The second kappa shape index (κ2) is 12.9. The van der Waals surface area contributed by atoms with E-state index in [-0.39, 0.29) is 18.3 Å². The van der Waals surface area contributed by atoms with Crippen molar-refractivity contribution in [3.8, 4) is 5.75 Å². The number of likely N-dealkylation sites (tertiary alicyclic amines) is 1. The lowest BCUT2D eigenvalue weighted by atomic mass is 10.0. The highest BCUT2D eigenvalue weighted by molar-refractivity contribution is 5.90. The van der Waals surface area contributed by atoms with Gasteiger partial charge in [-0.05, 0) is 53.4 Å². The van der Waals surface area contributed by atoms with Crippen molar-refractivity contribution < 1.29 is 23.9 Å². The van der Waals surface area contributed by atoms with Crippen LogP contribution < -0.4 is 4.74 Å². The number of fused-ring (bicyclic) bond motifs is 1. The fourth-order valence-corrected chi connectivity index (χ4v) is 5.21. The van der Waals surface area contributed by atoms with Gasteiger partial charge in [-0.15, -0.1) is 0 Å². The third-order valence-electron chi connectivity index (χ3n) is 7.46. The van der Waals surface area contributed by atoms with Gasteiger partial charge in [-0.3, -0.25) is 19.4 Å². The number of ether oxygens (including phenoxy) is 2. The minimum atomic E-state index is -0.404. The molecule has 204 valence electrons. The molecule has 0 aliphatic carbocycles. The third-order valence-corrected chi connectivity index (χ3v) is 7.46. The number of hydrogen-bond donors (Lipinski definition) is 0. The molecule has 0 saturated carbocycles. The van der Waals surface area contributed by atoms with Crippen LogP contribution in [0.1, 0.15) is 28.8 Å². The van der Waals surface area contributed by atoms with E-state index in [0.29, 0.717) is 31.0 Å². The average molecular weight is 530 g/mol. The molecular weight excluding hydrogens is 494 g/mol. The highest BCUT2D eigenvalue weighted by atomic mass is 16.5. The molecule has 0 bridgehead atoms. The quantitative estimate of drug-likeness (QED) is 0.311. The number of amides is 1. The van der Waals surface area contributed by atoms with Gasteiger partial charge in [0.05, 0.1) is 18.5 Å². The van der Waals surface area contributed by atoms with E-state index < -0.39 is 5.97 Å². The molecular formula is C31H35N3O5. The summed E-state index contributed by atoms with van der Waals surface area (Å²) in [4.78, 5) is 43.8. The molecule has 2 saturated heterocycles. The first kappa shape index (κ1) is 26.8. The lowest BCUT2D eigenvalue weighted by Crippen LogP contribution is -2.50. The van der Waals surface area contributed by atoms with Gasteiger partial charge >= 0.3 is 11.9 Å². The molecule has 3 aromatic carbocycles. The fraction of sp³-hybridized carbons (Fsp3) is 0.387. The van der Waals surface area contributed by atoms with Gasteiger partial charge in [0.15, 0.2) is 0 Å². The molecule has 2 heterocycles. The van der Waals surface area contributed by atoms with Gasteiger partial charge in [0, 0.05) is 45.8 Å². The zero-order valence-electron chi connectivity index (χ0n) is 22.2. The summed E-state index contributed by atoms with van der Waals surface area (Å²) in [5.74, 6) is -0.140. The van der Waals surface area contributed by atoms with Gasteiger partial charge < -0.3 is 14.4 Å². The first-order valence-electron chi connectivity index (χ1n) is 13.7. The standard InChI is InChI=1S/C31H35N3O5/c35-29(34-14-3-4-15-34)23-33-18-16-32(17-19-33)20-21-38-31(37)25-10-12-27(13-11-25)39-30(36)22-26-8-5-7-24-6-1-2-9-28(24)26/h1-2,5-13H,3-4,14-23H2. The van der Waals surface area contributed by atoms with Crippen LogP contribution in [0.15, 0.2) is 66.7 Å². The van der Waals surface area contributed by atoms with Crippen LogP contribution in [-0.4, -0.2) is 91.5 Å². The molecule has 0 aromatic heterocycles. The van der Waals surface area contributed by atoms with Gasteiger partial charge in [-0.1, -0.05) is 42.5 Å². The van der Waals surface area contributed by atoms with E-state index in [0.717, 1.165) is 68.4 Å². The number of carbonyl (C=O) groups excluding carboxylic acids is 3. The fourth-order valence-electron chi connectivity index (χ4n) is 5.21. The van der Waals surface area contributed by atoms with Gasteiger partial charge in [0.25, 0.3) is 0 Å². The monoisotopic (exact) mass is 529 g/mol. The maximum absolute atomic E-state index is 12.5. The number of rotatable bonds is 9. The average Bonchev–Trinajstić information content (AvgIpc) is 3.50. The number of piperazine rings is 1. The lowest BCUT2D eigenvalue weighted by molar-refractivity contribution is -0.133. The van der Waals surface area contributed by atoms with Gasteiger partial charge in [0.1, 0.15) is 12.4 Å². The topological polar surface area (TPSA) is 79.4 Å². The van der Waals surface area contributed by atoms with E-state index in [1.54, 1.807) is 24.3 Å². The molecule has 8 heteroatoms. The Bertz CT molecular complexity index is 1290. The second-order valence-corrected chi connectivity index (χ2v) is 10.2. The molecule has 0 spiro atoms. The van der Waals surface area contributed by atoms with Gasteiger partial charge in [-0.25, -0.2) is 4.79 Å². The van der Waals surface area contributed by atoms with Crippen molar-refractivity contribution in [3.05, 3.63) is 77.9 Å². The van der Waals surface area contributed by atoms with Crippen LogP contribution in [-0.2, 0) is 20.7 Å². The van der Waals surface area contributed by atoms with Crippen molar-refractivity contribution in [1.29, 1.82) is 0 Å². The first-order valence-corrected chi connectivity index (χ1v) is 13.7. The second-order valence-electron chi connectivity index (χ2n) is 10.2. The summed E-state index contributed by atoms with van der Waals surface area (Å²) in [5.41, 5.74) is 1.32. The van der Waals surface area contributed by atoms with E-state index in [1.165, 1.54) is 0 Å². The summed E-state index contributed by atoms with van der Waals surface area (Å²) in [6, 6.07) is 20.3. The van der Waals surface area contributed by atoms with Crippen LogP contribution >= 0.6 is 0 Å². The van der Waals surface area contributed by atoms with Crippen molar-refractivity contribution in [2.24, 2.45) is 0 Å². The Kier molecular flexibility index (Phi) is 8.85. The summed E-state index contributed by atoms with van der Waals surface area (Å²) in [6.45, 7) is 6.62. The Morgan fingerprint density at radius 3 is 2.21 bits per heavy atom. The predicted molar refractivity (Wildman–Crippen MR) is 149 cm³/mol. The summed E-state index contributed by atoms with van der Waals surface area (Å²) in [6.07, 6.45) is 2.39. The zero-order chi connectivity index (χ0) is 27.0. The molecule has 0 N–H and O–H groups in total. The van der Waals surface area contributed by atoms with Crippen LogP contribution in [0.25, 0.3) is 10.8 Å². The molecule has 2 aliphatic rings. The normalized spacial score (nSPS) is 16.4. The number of nitrogens with zero attached hydrogens (tertiary/aromatic N) is 3. The minimum Gasteiger partial charge on any atom is -0.461 e. The Balaban J connectivity index is 1.02. The van der Waals surface area contributed by atoms with Crippen molar-refractivity contribution in [2.45, 2.75) is 19.3 Å². The molecule has 8 nitrogen and oxygen atoms in total. The van der Waals surface area contributed by atoms with Crippen molar-refractivity contribution in [3.63, 3.8) is 0 Å². The minimum absolute atomic E-state index is 0.161. The smallest absolute Gasteiger partial charge is 0.338 e.